The van der Waals surface area contributed by atoms with Crippen LogP contribution in [0.15, 0.2) is 18.2 Å². The van der Waals surface area contributed by atoms with Crippen LogP contribution < -0.4 is 4.90 Å². The molecule has 2 nitrogen and oxygen atoms in total. The van der Waals surface area contributed by atoms with Gasteiger partial charge in [-0.05, 0) is 19.1 Å². The number of Topliss-reactive ketones (excluding diaryl/α,β-unsaturated/α-hetero) is 1. The molecule has 0 aromatic heterocycles. The second kappa shape index (κ2) is 3.56. The summed E-state index contributed by atoms with van der Waals surface area (Å²) in [6, 6.07) is 4.61. The van der Waals surface area contributed by atoms with Gasteiger partial charge in [-0.2, -0.15) is 0 Å². The van der Waals surface area contributed by atoms with Crippen LogP contribution in [0.3, 0.4) is 0 Å². The minimum Gasteiger partial charge on any atom is -0.377 e. The largest absolute Gasteiger partial charge is 0.377 e. The molecule has 1 aromatic rings. The highest BCUT2D eigenvalue weighted by atomic mass is 19.1. The molecule has 0 aliphatic heterocycles. The van der Waals surface area contributed by atoms with Crippen molar-refractivity contribution in [2.24, 2.45) is 0 Å². The number of anilines is 1. The Hall–Kier alpha value is -1.38. The van der Waals surface area contributed by atoms with Crippen molar-refractivity contribution in [1.29, 1.82) is 0 Å². The van der Waals surface area contributed by atoms with E-state index in [2.05, 4.69) is 0 Å². The maximum absolute atomic E-state index is 13.2. The monoisotopic (exact) mass is 181 g/mol. The maximum atomic E-state index is 13.2. The van der Waals surface area contributed by atoms with Crippen molar-refractivity contribution < 1.29 is 9.18 Å². The molecule has 0 atom stereocenters. The molecule has 0 bridgehead atoms. The fraction of sp³-hybridized carbons (Fsp3) is 0.300. The highest BCUT2D eigenvalue weighted by Crippen LogP contribution is 2.21. The quantitative estimate of drug-likeness (QED) is 0.651. The van der Waals surface area contributed by atoms with Gasteiger partial charge in [0.1, 0.15) is 5.82 Å². The molecular formula is C10H12FNO. The molecule has 13 heavy (non-hydrogen) atoms. The lowest BCUT2D eigenvalue weighted by molar-refractivity contribution is 0.101. The maximum Gasteiger partial charge on any atom is 0.164 e. The molecule has 0 heterocycles. The Morgan fingerprint density at radius 1 is 1.38 bits per heavy atom. The smallest absolute Gasteiger partial charge is 0.164 e. The minimum absolute atomic E-state index is 0.160. The van der Waals surface area contributed by atoms with Gasteiger partial charge in [0.05, 0.1) is 5.56 Å². The SMILES string of the molecule is CC(=O)c1c(F)cccc1N(C)C. The fourth-order valence-corrected chi connectivity index (χ4v) is 1.23. The molecule has 0 spiro atoms. The van der Waals surface area contributed by atoms with E-state index in [1.807, 2.05) is 0 Å². The van der Waals surface area contributed by atoms with Crippen LogP contribution in [0.2, 0.25) is 0 Å². The van der Waals surface area contributed by atoms with Crippen molar-refractivity contribution >= 4 is 11.5 Å². The lowest BCUT2D eigenvalue weighted by Gasteiger charge is -2.15. The number of hydrogen-bond acceptors (Lipinski definition) is 2. The van der Waals surface area contributed by atoms with E-state index in [0.29, 0.717) is 5.69 Å². The van der Waals surface area contributed by atoms with Crippen molar-refractivity contribution in [1.82, 2.24) is 0 Å². The summed E-state index contributed by atoms with van der Waals surface area (Å²) in [6.45, 7) is 1.37. The first kappa shape index (κ1) is 9.71. The van der Waals surface area contributed by atoms with E-state index in [1.165, 1.54) is 13.0 Å². The van der Waals surface area contributed by atoms with Gasteiger partial charge in [0.25, 0.3) is 0 Å². The van der Waals surface area contributed by atoms with Gasteiger partial charge in [0.15, 0.2) is 5.78 Å². The van der Waals surface area contributed by atoms with E-state index < -0.39 is 5.82 Å². The van der Waals surface area contributed by atoms with Crippen molar-refractivity contribution in [3.05, 3.63) is 29.6 Å². The fourth-order valence-electron chi connectivity index (χ4n) is 1.23. The summed E-state index contributed by atoms with van der Waals surface area (Å²) in [4.78, 5) is 12.8. The van der Waals surface area contributed by atoms with E-state index >= 15 is 0 Å². The zero-order valence-electron chi connectivity index (χ0n) is 7.97. The van der Waals surface area contributed by atoms with Gasteiger partial charge in [-0.15, -0.1) is 0 Å². The highest BCUT2D eigenvalue weighted by molar-refractivity contribution is 5.99. The van der Waals surface area contributed by atoms with Crippen LogP contribution in [0.25, 0.3) is 0 Å². The topological polar surface area (TPSA) is 20.3 Å². The average molecular weight is 181 g/mol. The van der Waals surface area contributed by atoms with Crippen LogP contribution >= 0.6 is 0 Å². The summed E-state index contributed by atoms with van der Waals surface area (Å²) in [7, 11) is 3.56. The first-order valence-corrected chi connectivity index (χ1v) is 4.01. The summed E-state index contributed by atoms with van der Waals surface area (Å²) in [5.41, 5.74) is 0.778. The Kier molecular flexibility index (Phi) is 2.66. The van der Waals surface area contributed by atoms with Crippen molar-refractivity contribution in [3.8, 4) is 0 Å². The molecule has 0 aliphatic rings. The molecular weight excluding hydrogens is 169 g/mol. The predicted molar refractivity (Wildman–Crippen MR) is 50.7 cm³/mol. The Balaban J connectivity index is 3.34. The van der Waals surface area contributed by atoms with Crippen molar-refractivity contribution in [3.63, 3.8) is 0 Å². The molecule has 70 valence electrons. The van der Waals surface area contributed by atoms with Gasteiger partial charge >= 0.3 is 0 Å². The third-order valence-electron chi connectivity index (χ3n) is 1.83. The number of rotatable bonds is 2. The second-order valence-electron chi connectivity index (χ2n) is 3.08. The molecule has 0 saturated carbocycles. The second-order valence-corrected chi connectivity index (χ2v) is 3.08. The molecule has 3 heteroatoms. The van der Waals surface area contributed by atoms with Crippen LogP contribution in [0, 0.1) is 5.82 Å². The van der Waals surface area contributed by atoms with E-state index in [9.17, 15) is 9.18 Å². The molecule has 0 fully saturated rings. The Labute approximate surface area is 77.0 Å². The third-order valence-corrected chi connectivity index (χ3v) is 1.83. The number of hydrogen-bond donors (Lipinski definition) is 0. The van der Waals surface area contributed by atoms with Crippen LogP contribution in [0.4, 0.5) is 10.1 Å². The summed E-state index contributed by atoms with van der Waals surface area (Å²) in [5.74, 6) is -0.708. The Morgan fingerprint density at radius 2 is 2.00 bits per heavy atom. The molecule has 1 aromatic carbocycles. The molecule has 0 radical (unpaired) electrons. The van der Waals surface area contributed by atoms with Gasteiger partial charge in [-0.25, -0.2) is 4.39 Å². The zero-order valence-corrected chi connectivity index (χ0v) is 7.97. The summed E-state index contributed by atoms with van der Waals surface area (Å²) < 4.78 is 13.2. The lowest BCUT2D eigenvalue weighted by Crippen LogP contribution is -2.14. The first-order valence-electron chi connectivity index (χ1n) is 4.01. The van der Waals surface area contributed by atoms with E-state index in [4.69, 9.17) is 0 Å². The molecule has 0 unspecified atom stereocenters. The van der Waals surface area contributed by atoms with Gasteiger partial charge in [-0.1, -0.05) is 6.07 Å². The van der Waals surface area contributed by atoms with Crippen LogP contribution in [0.5, 0.6) is 0 Å². The number of carbonyl (C=O) groups is 1. The van der Waals surface area contributed by atoms with Gasteiger partial charge in [0, 0.05) is 19.8 Å². The third kappa shape index (κ3) is 1.86. The normalized spacial score (nSPS) is 9.85. The molecule has 0 saturated heterocycles. The summed E-state index contributed by atoms with van der Waals surface area (Å²) in [5, 5.41) is 0. The number of nitrogens with zero attached hydrogens (tertiary/aromatic N) is 1. The molecule has 0 amide bonds. The van der Waals surface area contributed by atoms with E-state index in [-0.39, 0.29) is 11.3 Å². The number of halogens is 1. The molecule has 1 rings (SSSR count). The Bertz CT molecular complexity index is 334. The zero-order chi connectivity index (χ0) is 10.0. The van der Waals surface area contributed by atoms with Crippen LogP contribution in [-0.2, 0) is 0 Å². The summed E-state index contributed by atoms with van der Waals surface area (Å²) in [6.07, 6.45) is 0. The van der Waals surface area contributed by atoms with E-state index in [1.54, 1.807) is 31.1 Å². The molecule has 0 aliphatic carbocycles. The first-order chi connectivity index (χ1) is 6.04. The predicted octanol–water partition coefficient (Wildman–Crippen LogP) is 2.09. The highest BCUT2D eigenvalue weighted by Gasteiger charge is 2.13. The van der Waals surface area contributed by atoms with Gasteiger partial charge < -0.3 is 4.90 Å². The number of benzene rings is 1. The number of ketones is 1. The standard InChI is InChI=1S/C10H12FNO/c1-7(13)10-8(11)5-4-6-9(10)12(2)3/h4-6H,1-3H3. The lowest BCUT2D eigenvalue weighted by atomic mass is 10.1. The van der Waals surface area contributed by atoms with Crippen LogP contribution in [-0.4, -0.2) is 19.9 Å². The van der Waals surface area contributed by atoms with Crippen molar-refractivity contribution in [2.45, 2.75) is 6.92 Å². The Morgan fingerprint density at radius 3 is 2.38 bits per heavy atom. The molecule has 0 N–H and O–H groups in total. The number of carbonyl (C=O) groups excluding carboxylic acids is 1. The van der Waals surface area contributed by atoms with E-state index in [0.717, 1.165) is 0 Å². The van der Waals surface area contributed by atoms with Crippen molar-refractivity contribution in [2.75, 3.05) is 19.0 Å². The van der Waals surface area contributed by atoms with Crippen LogP contribution in [0.1, 0.15) is 17.3 Å². The average Bonchev–Trinajstić information content (AvgIpc) is 2.02. The minimum atomic E-state index is -0.460. The summed E-state index contributed by atoms with van der Waals surface area (Å²) >= 11 is 0. The van der Waals surface area contributed by atoms with Gasteiger partial charge in [-0.3, -0.25) is 4.79 Å². The van der Waals surface area contributed by atoms with Gasteiger partial charge in [0.2, 0.25) is 0 Å².